The number of hydrogen-bond donors (Lipinski definition) is 1. The number of ether oxygens (including phenoxy) is 1. The average Bonchev–Trinajstić information content (AvgIpc) is 3.05. The van der Waals surface area contributed by atoms with Crippen molar-refractivity contribution in [1.82, 2.24) is 15.1 Å². The highest BCUT2D eigenvalue weighted by Gasteiger charge is 2.23. The van der Waals surface area contributed by atoms with Crippen molar-refractivity contribution < 1.29 is 9.53 Å². The van der Waals surface area contributed by atoms with Crippen molar-refractivity contribution in [2.75, 3.05) is 39.3 Å². The van der Waals surface area contributed by atoms with Gasteiger partial charge in [-0.15, -0.1) is 11.3 Å². The summed E-state index contributed by atoms with van der Waals surface area (Å²) < 4.78 is 5.05. The number of nitrogens with one attached hydrogen (secondary N) is 1. The molecule has 2 heterocycles. The molecule has 0 bridgehead atoms. The molecule has 1 aromatic heterocycles. The van der Waals surface area contributed by atoms with E-state index in [1.807, 2.05) is 13.0 Å². The molecular formula is C15H24N4O2S. The Kier molecular flexibility index (Phi) is 6.51. The minimum absolute atomic E-state index is 0.220. The van der Waals surface area contributed by atoms with Crippen molar-refractivity contribution in [3.05, 3.63) is 22.4 Å². The maximum atomic E-state index is 11.7. The molecule has 22 heavy (non-hydrogen) atoms. The molecular weight excluding hydrogens is 300 g/mol. The van der Waals surface area contributed by atoms with Gasteiger partial charge in [0, 0.05) is 37.6 Å². The number of rotatable bonds is 4. The summed E-state index contributed by atoms with van der Waals surface area (Å²) in [5, 5.41) is 5.40. The Balaban J connectivity index is 1.90. The van der Waals surface area contributed by atoms with Crippen LogP contribution in [0.4, 0.5) is 4.79 Å². The third kappa shape index (κ3) is 4.62. The Morgan fingerprint density at radius 2 is 2.05 bits per heavy atom. The van der Waals surface area contributed by atoms with Gasteiger partial charge in [-0.2, -0.15) is 0 Å². The number of carbonyl (C=O) groups excluding carboxylic acids is 1. The number of piperazine rings is 1. The molecule has 122 valence electrons. The minimum atomic E-state index is -0.220. The topological polar surface area (TPSA) is 57.2 Å². The highest BCUT2D eigenvalue weighted by atomic mass is 32.1. The second-order valence-electron chi connectivity index (χ2n) is 4.92. The summed E-state index contributed by atoms with van der Waals surface area (Å²) in [5.41, 5.74) is 0. The molecule has 0 aliphatic carbocycles. The van der Waals surface area contributed by atoms with E-state index in [-0.39, 0.29) is 6.09 Å². The number of amides is 1. The molecule has 1 aliphatic heterocycles. The third-order valence-electron chi connectivity index (χ3n) is 3.40. The number of nitrogens with zero attached hydrogens (tertiary/aromatic N) is 3. The molecule has 1 saturated heterocycles. The summed E-state index contributed by atoms with van der Waals surface area (Å²) >= 11 is 1.72. The standard InChI is InChI=1S/C15H24N4O2S/c1-3-16-14(17-12-13-6-5-11-22-13)18-7-9-19(10-8-18)15(20)21-4-2/h5-6,11H,3-4,7-10,12H2,1-2H3,(H,16,17). The number of thiophene rings is 1. The first kappa shape index (κ1) is 16.6. The zero-order valence-corrected chi connectivity index (χ0v) is 14.1. The lowest BCUT2D eigenvalue weighted by Gasteiger charge is -2.35. The molecule has 1 N–H and O–H groups in total. The molecule has 1 aromatic rings. The van der Waals surface area contributed by atoms with Crippen LogP contribution in [0, 0.1) is 0 Å². The van der Waals surface area contributed by atoms with Crippen molar-refractivity contribution in [2.24, 2.45) is 4.99 Å². The summed E-state index contributed by atoms with van der Waals surface area (Å²) in [4.78, 5) is 21.6. The van der Waals surface area contributed by atoms with Gasteiger partial charge in [-0.05, 0) is 25.3 Å². The Labute approximate surface area is 135 Å². The normalized spacial score (nSPS) is 15.8. The predicted molar refractivity (Wildman–Crippen MR) is 89.3 cm³/mol. The third-order valence-corrected chi connectivity index (χ3v) is 4.27. The lowest BCUT2D eigenvalue weighted by Crippen LogP contribution is -2.53. The van der Waals surface area contributed by atoms with Gasteiger partial charge in [0.05, 0.1) is 13.2 Å². The fourth-order valence-electron chi connectivity index (χ4n) is 2.30. The van der Waals surface area contributed by atoms with E-state index in [0.29, 0.717) is 26.2 Å². The van der Waals surface area contributed by atoms with Gasteiger partial charge in [-0.1, -0.05) is 6.07 Å². The van der Waals surface area contributed by atoms with Gasteiger partial charge in [0.15, 0.2) is 5.96 Å². The first-order valence-corrected chi connectivity index (χ1v) is 8.60. The maximum Gasteiger partial charge on any atom is 0.409 e. The van der Waals surface area contributed by atoms with Crippen LogP contribution in [0.5, 0.6) is 0 Å². The number of guanidine groups is 1. The summed E-state index contributed by atoms with van der Waals surface area (Å²) in [7, 11) is 0. The predicted octanol–water partition coefficient (Wildman–Crippen LogP) is 1.99. The van der Waals surface area contributed by atoms with Gasteiger partial charge in [0.1, 0.15) is 0 Å². The van der Waals surface area contributed by atoms with Gasteiger partial charge < -0.3 is 19.9 Å². The van der Waals surface area contributed by atoms with Crippen LogP contribution in [0.15, 0.2) is 22.5 Å². The van der Waals surface area contributed by atoms with Crippen LogP contribution in [0.3, 0.4) is 0 Å². The van der Waals surface area contributed by atoms with Crippen molar-refractivity contribution >= 4 is 23.4 Å². The summed E-state index contributed by atoms with van der Waals surface area (Å²) in [6, 6.07) is 4.14. The van der Waals surface area contributed by atoms with E-state index >= 15 is 0 Å². The SMILES string of the molecule is CCNC(=NCc1cccs1)N1CCN(C(=O)OCC)CC1. The number of aliphatic imine (C=N–C) groups is 1. The van der Waals surface area contributed by atoms with Crippen molar-refractivity contribution in [1.29, 1.82) is 0 Å². The van der Waals surface area contributed by atoms with E-state index in [9.17, 15) is 4.79 Å². The van der Waals surface area contributed by atoms with Gasteiger partial charge in [-0.25, -0.2) is 9.79 Å². The zero-order chi connectivity index (χ0) is 15.8. The molecule has 7 heteroatoms. The van der Waals surface area contributed by atoms with Crippen molar-refractivity contribution in [3.63, 3.8) is 0 Å². The average molecular weight is 324 g/mol. The minimum Gasteiger partial charge on any atom is -0.450 e. The Bertz CT molecular complexity index is 482. The van der Waals surface area contributed by atoms with Crippen LogP contribution < -0.4 is 5.32 Å². The molecule has 0 atom stereocenters. The summed E-state index contributed by atoms with van der Waals surface area (Å²) in [6.07, 6.45) is -0.220. The highest BCUT2D eigenvalue weighted by molar-refractivity contribution is 7.09. The largest absolute Gasteiger partial charge is 0.450 e. The maximum absolute atomic E-state index is 11.7. The summed E-state index contributed by atoms with van der Waals surface area (Å²) in [6.45, 7) is 8.72. The van der Waals surface area contributed by atoms with Crippen LogP contribution in [0.25, 0.3) is 0 Å². The van der Waals surface area contributed by atoms with E-state index in [0.717, 1.165) is 25.6 Å². The fraction of sp³-hybridized carbons (Fsp3) is 0.600. The van der Waals surface area contributed by atoms with Gasteiger partial charge in [0.2, 0.25) is 0 Å². The Morgan fingerprint density at radius 1 is 1.32 bits per heavy atom. The lowest BCUT2D eigenvalue weighted by atomic mass is 10.3. The number of carbonyl (C=O) groups is 1. The molecule has 1 fully saturated rings. The van der Waals surface area contributed by atoms with Gasteiger partial charge in [-0.3, -0.25) is 0 Å². The molecule has 1 amide bonds. The van der Waals surface area contributed by atoms with Crippen LogP contribution in [-0.4, -0.2) is 61.2 Å². The first-order chi connectivity index (χ1) is 10.7. The molecule has 0 spiro atoms. The van der Waals surface area contributed by atoms with E-state index in [4.69, 9.17) is 9.73 Å². The van der Waals surface area contributed by atoms with E-state index in [2.05, 4.69) is 28.6 Å². The molecule has 0 saturated carbocycles. The van der Waals surface area contributed by atoms with Crippen molar-refractivity contribution in [2.45, 2.75) is 20.4 Å². The Morgan fingerprint density at radius 3 is 2.64 bits per heavy atom. The van der Waals surface area contributed by atoms with Crippen LogP contribution in [0.2, 0.25) is 0 Å². The van der Waals surface area contributed by atoms with Gasteiger partial charge >= 0.3 is 6.09 Å². The molecule has 6 nitrogen and oxygen atoms in total. The molecule has 0 radical (unpaired) electrons. The first-order valence-electron chi connectivity index (χ1n) is 7.72. The van der Waals surface area contributed by atoms with E-state index in [1.165, 1.54) is 4.88 Å². The molecule has 0 aromatic carbocycles. The fourth-order valence-corrected chi connectivity index (χ4v) is 2.92. The van der Waals surface area contributed by atoms with Crippen LogP contribution in [0.1, 0.15) is 18.7 Å². The zero-order valence-electron chi connectivity index (χ0n) is 13.2. The Hall–Kier alpha value is -1.76. The quantitative estimate of drug-likeness (QED) is 0.680. The smallest absolute Gasteiger partial charge is 0.409 e. The second kappa shape index (κ2) is 8.63. The highest BCUT2D eigenvalue weighted by Crippen LogP contribution is 2.10. The van der Waals surface area contributed by atoms with Crippen LogP contribution >= 0.6 is 11.3 Å². The van der Waals surface area contributed by atoms with Gasteiger partial charge in [0.25, 0.3) is 0 Å². The summed E-state index contributed by atoms with van der Waals surface area (Å²) in [5.74, 6) is 0.916. The van der Waals surface area contributed by atoms with E-state index in [1.54, 1.807) is 16.2 Å². The molecule has 1 aliphatic rings. The number of hydrogen-bond acceptors (Lipinski definition) is 4. The second-order valence-corrected chi connectivity index (χ2v) is 5.95. The molecule has 0 unspecified atom stereocenters. The van der Waals surface area contributed by atoms with Crippen molar-refractivity contribution in [3.8, 4) is 0 Å². The lowest BCUT2D eigenvalue weighted by molar-refractivity contribution is 0.0914. The monoisotopic (exact) mass is 324 g/mol. The van der Waals surface area contributed by atoms with Crippen LogP contribution in [-0.2, 0) is 11.3 Å². The molecule has 2 rings (SSSR count). The van der Waals surface area contributed by atoms with E-state index < -0.39 is 0 Å².